The molecule has 30 heavy (non-hydrogen) atoms. The molecule has 10 heteroatoms. The zero-order valence-electron chi connectivity index (χ0n) is 14.1. The average molecular weight is 434 g/mol. The lowest BCUT2D eigenvalue weighted by Crippen LogP contribution is -2.06. The van der Waals surface area contributed by atoms with Crippen LogP contribution in [0.15, 0.2) is 24.3 Å². The zero-order valence-corrected chi connectivity index (χ0v) is 14.1. The van der Waals surface area contributed by atoms with Crippen molar-refractivity contribution in [3.05, 3.63) is 82.4 Å². The lowest BCUT2D eigenvalue weighted by molar-refractivity contribution is 0.411. The summed E-state index contributed by atoms with van der Waals surface area (Å²) in [5.41, 5.74) is -2.14. The van der Waals surface area contributed by atoms with Crippen molar-refractivity contribution in [2.75, 3.05) is 0 Å². The van der Waals surface area contributed by atoms with Crippen molar-refractivity contribution < 1.29 is 43.9 Å². The maximum Gasteiger partial charge on any atom is 0.198 e. The largest absolute Gasteiger partial charge is 0.206 e. The number of fused-ring (bicyclic) bond motifs is 2. The van der Waals surface area contributed by atoms with Gasteiger partial charge in [-0.2, -0.15) is 0 Å². The molecule has 0 aliphatic rings. The summed E-state index contributed by atoms with van der Waals surface area (Å²) in [6, 6.07) is 2.46. The van der Waals surface area contributed by atoms with Crippen molar-refractivity contribution in [3.8, 4) is 11.1 Å². The zero-order chi connectivity index (χ0) is 22.1. The van der Waals surface area contributed by atoms with E-state index >= 15 is 0 Å². The van der Waals surface area contributed by atoms with Gasteiger partial charge < -0.3 is 0 Å². The van der Waals surface area contributed by atoms with Gasteiger partial charge in [-0.1, -0.05) is 6.07 Å². The standard InChI is InChI=1S/C20H4F10/c21-7-2-1-5-3-6(4-8(22)9(5)13(7)23)10-11-12(16(26)18(28)14(10)24)17(27)20(30)19(29)15(11)25/h1-4H. The van der Waals surface area contributed by atoms with Crippen LogP contribution in [-0.4, -0.2) is 0 Å². The Kier molecular flexibility index (Phi) is 4.41. The van der Waals surface area contributed by atoms with Crippen LogP contribution in [-0.2, 0) is 0 Å². The van der Waals surface area contributed by atoms with E-state index < -0.39 is 90.8 Å². The topological polar surface area (TPSA) is 0 Å². The van der Waals surface area contributed by atoms with E-state index in [1.165, 1.54) is 0 Å². The minimum Gasteiger partial charge on any atom is -0.206 e. The van der Waals surface area contributed by atoms with Crippen LogP contribution in [0, 0.1) is 58.2 Å². The molecule has 0 aliphatic carbocycles. The highest BCUT2D eigenvalue weighted by atomic mass is 19.2. The lowest BCUT2D eigenvalue weighted by Gasteiger charge is -2.14. The van der Waals surface area contributed by atoms with Crippen LogP contribution in [0.1, 0.15) is 0 Å². The highest BCUT2D eigenvalue weighted by Gasteiger charge is 2.31. The molecule has 0 nitrogen and oxygen atoms in total. The monoisotopic (exact) mass is 434 g/mol. The molecule has 0 spiro atoms. The Balaban J connectivity index is 2.24. The molecule has 0 radical (unpaired) electrons. The molecule has 0 saturated carbocycles. The Morgan fingerprint density at radius 2 is 0.933 bits per heavy atom. The van der Waals surface area contributed by atoms with Crippen molar-refractivity contribution >= 4 is 21.5 Å². The summed E-state index contributed by atoms with van der Waals surface area (Å²) in [6.45, 7) is 0. The van der Waals surface area contributed by atoms with Gasteiger partial charge in [-0.15, -0.1) is 0 Å². The van der Waals surface area contributed by atoms with Crippen LogP contribution in [0.3, 0.4) is 0 Å². The van der Waals surface area contributed by atoms with E-state index in [0.717, 1.165) is 12.1 Å². The van der Waals surface area contributed by atoms with Gasteiger partial charge in [0.15, 0.2) is 52.4 Å². The van der Waals surface area contributed by atoms with Crippen LogP contribution in [0.25, 0.3) is 32.7 Å². The number of hydrogen-bond acceptors (Lipinski definition) is 0. The predicted molar refractivity (Wildman–Crippen MR) is 86.5 cm³/mol. The van der Waals surface area contributed by atoms with Crippen molar-refractivity contribution in [3.63, 3.8) is 0 Å². The lowest BCUT2D eigenvalue weighted by atomic mass is 9.93. The Hall–Kier alpha value is -3.30. The summed E-state index contributed by atoms with van der Waals surface area (Å²) in [7, 11) is 0. The molecule has 154 valence electrons. The summed E-state index contributed by atoms with van der Waals surface area (Å²) in [5, 5.41) is -4.59. The first-order valence-electron chi connectivity index (χ1n) is 7.96. The normalized spacial score (nSPS) is 11.7. The Labute approximate surface area is 160 Å². The van der Waals surface area contributed by atoms with Gasteiger partial charge in [0.1, 0.15) is 5.82 Å². The van der Waals surface area contributed by atoms with Crippen molar-refractivity contribution in [1.82, 2.24) is 0 Å². The Morgan fingerprint density at radius 1 is 0.400 bits per heavy atom. The van der Waals surface area contributed by atoms with Crippen molar-refractivity contribution in [2.24, 2.45) is 0 Å². The Morgan fingerprint density at radius 3 is 1.53 bits per heavy atom. The van der Waals surface area contributed by atoms with Gasteiger partial charge in [-0.05, 0) is 29.1 Å². The molecular weight excluding hydrogens is 430 g/mol. The maximum atomic E-state index is 14.5. The molecule has 0 atom stereocenters. The molecule has 0 saturated heterocycles. The van der Waals surface area contributed by atoms with Gasteiger partial charge in [-0.3, -0.25) is 0 Å². The summed E-state index contributed by atoms with van der Waals surface area (Å²) in [4.78, 5) is 0. The maximum absolute atomic E-state index is 14.5. The second kappa shape index (κ2) is 6.61. The highest BCUT2D eigenvalue weighted by molar-refractivity contribution is 6.00. The van der Waals surface area contributed by atoms with E-state index in [2.05, 4.69) is 0 Å². The SMILES string of the molecule is Fc1ccc2cc(-c3c(F)c(F)c(F)c4c(F)c(F)c(F)c(F)c34)cc(F)c2c1F. The summed E-state index contributed by atoms with van der Waals surface area (Å²) in [5.74, 6) is -20.9. The van der Waals surface area contributed by atoms with Crippen molar-refractivity contribution in [1.29, 1.82) is 0 Å². The van der Waals surface area contributed by atoms with E-state index in [-0.39, 0.29) is 0 Å². The molecule has 4 aromatic carbocycles. The minimum atomic E-state index is -2.47. The van der Waals surface area contributed by atoms with E-state index in [9.17, 15) is 43.9 Å². The van der Waals surface area contributed by atoms with Crippen LogP contribution >= 0.6 is 0 Å². The van der Waals surface area contributed by atoms with Crippen LogP contribution in [0.5, 0.6) is 0 Å². The fourth-order valence-corrected chi connectivity index (χ4v) is 3.26. The molecule has 0 aromatic heterocycles. The predicted octanol–water partition coefficient (Wildman–Crippen LogP) is 7.05. The van der Waals surface area contributed by atoms with Crippen LogP contribution in [0.4, 0.5) is 43.9 Å². The third-order valence-corrected chi connectivity index (χ3v) is 4.59. The van der Waals surface area contributed by atoms with Gasteiger partial charge in [0.05, 0.1) is 10.8 Å². The van der Waals surface area contributed by atoms with Gasteiger partial charge >= 0.3 is 0 Å². The number of hydrogen-bond donors (Lipinski definition) is 0. The quantitative estimate of drug-likeness (QED) is 0.171. The second-order valence-corrected chi connectivity index (χ2v) is 6.24. The van der Waals surface area contributed by atoms with E-state index in [1.54, 1.807) is 0 Å². The third kappa shape index (κ3) is 2.55. The summed E-state index contributed by atoms with van der Waals surface area (Å²) >= 11 is 0. The third-order valence-electron chi connectivity index (χ3n) is 4.59. The smallest absolute Gasteiger partial charge is 0.198 e. The fraction of sp³-hybridized carbons (Fsp3) is 0. The summed E-state index contributed by atoms with van der Waals surface area (Å²) < 4.78 is 140. The van der Waals surface area contributed by atoms with Gasteiger partial charge in [0.2, 0.25) is 0 Å². The molecule has 4 rings (SSSR count). The molecule has 0 unspecified atom stereocenters. The summed E-state index contributed by atoms with van der Waals surface area (Å²) in [6.07, 6.45) is 0. The fourth-order valence-electron chi connectivity index (χ4n) is 3.26. The number of halogens is 10. The molecule has 0 fully saturated rings. The average Bonchev–Trinajstić information content (AvgIpc) is 2.71. The second-order valence-electron chi connectivity index (χ2n) is 6.24. The minimum absolute atomic E-state index is 0.304. The van der Waals surface area contributed by atoms with E-state index in [4.69, 9.17) is 0 Å². The molecule has 0 aliphatic heterocycles. The molecule has 0 amide bonds. The van der Waals surface area contributed by atoms with Crippen LogP contribution < -0.4 is 0 Å². The van der Waals surface area contributed by atoms with Gasteiger partial charge in [0.25, 0.3) is 0 Å². The molecule has 0 heterocycles. The van der Waals surface area contributed by atoms with E-state index in [0.29, 0.717) is 12.1 Å². The highest BCUT2D eigenvalue weighted by Crippen LogP contribution is 2.41. The molecule has 4 aromatic rings. The first-order chi connectivity index (χ1) is 14.1. The van der Waals surface area contributed by atoms with Gasteiger partial charge in [0, 0.05) is 10.9 Å². The van der Waals surface area contributed by atoms with Crippen LogP contribution in [0.2, 0.25) is 0 Å². The molecular formula is C20H4F10. The molecule has 0 bridgehead atoms. The number of benzene rings is 4. The number of rotatable bonds is 1. The van der Waals surface area contributed by atoms with E-state index in [1.807, 2.05) is 0 Å². The molecule has 0 N–H and O–H groups in total. The first-order valence-corrected chi connectivity index (χ1v) is 7.96. The Bertz CT molecular complexity index is 1380. The first kappa shape index (κ1) is 20.0. The van der Waals surface area contributed by atoms with Crippen molar-refractivity contribution in [2.45, 2.75) is 0 Å². The van der Waals surface area contributed by atoms with Gasteiger partial charge in [-0.25, -0.2) is 43.9 Å².